The molecular formula is C16H20BrCl2N3O2. The van der Waals surface area contributed by atoms with Gasteiger partial charge in [0, 0.05) is 23.0 Å². The van der Waals surface area contributed by atoms with Gasteiger partial charge in [0.25, 0.3) is 0 Å². The first-order valence-electron chi connectivity index (χ1n) is 6.98. The van der Waals surface area contributed by atoms with Gasteiger partial charge in [-0.05, 0) is 37.6 Å². The number of ether oxygens (including phenoxy) is 1. The van der Waals surface area contributed by atoms with Crippen LogP contribution in [0.4, 0.5) is 5.69 Å². The fourth-order valence-corrected chi connectivity index (χ4v) is 2.13. The molecule has 0 aliphatic carbocycles. The second kappa shape index (κ2) is 11.3. The van der Waals surface area contributed by atoms with Crippen molar-refractivity contribution in [1.82, 2.24) is 4.98 Å². The van der Waals surface area contributed by atoms with Gasteiger partial charge in [0.05, 0.1) is 11.9 Å². The summed E-state index contributed by atoms with van der Waals surface area (Å²) in [4.78, 5) is 15.9. The van der Waals surface area contributed by atoms with Crippen LogP contribution < -0.4 is 15.8 Å². The van der Waals surface area contributed by atoms with E-state index in [1.165, 1.54) is 0 Å². The van der Waals surface area contributed by atoms with E-state index in [4.69, 9.17) is 10.5 Å². The van der Waals surface area contributed by atoms with E-state index in [1.807, 2.05) is 31.2 Å². The maximum Gasteiger partial charge on any atom is 0.224 e. The van der Waals surface area contributed by atoms with Crippen molar-refractivity contribution in [3.05, 3.63) is 47.1 Å². The normalized spacial score (nSPS) is 10.8. The van der Waals surface area contributed by atoms with E-state index in [0.29, 0.717) is 30.2 Å². The number of carbonyl (C=O) groups is 1. The molecule has 0 spiro atoms. The molecule has 1 heterocycles. The van der Waals surface area contributed by atoms with Crippen LogP contribution in [0.25, 0.3) is 0 Å². The zero-order chi connectivity index (χ0) is 15.9. The third-order valence-corrected chi connectivity index (χ3v) is 3.36. The lowest BCUT2D eigenvalue weighted by molar-refractivity contribution is -0.116. The SMILES string of the molecule is CC(N)CCC(=O)Nc1ccc(Oc2cccc(Br)c2)nc1.Cl.Cl. The molecule has 5 nitrogen and oxygen atoms in total. The first-order chi connectivity index (χ1) is 10.5. The number of aromatic nitrogens is 1. The van der Waals surface area contributed by atoms with Crippen LogP contribution in [-0.4, -0.2) is 16.9 Å². The van der Waals surface area contributed by atoms with Crippen molar-refractivity contribution in [2.24, 2.45) is 5.73 Å². The van der Waals surface area contributed by atoms with Crippen molar-refractivity contribution < 1.29 is 9.53 Å². The van der Waals surface area contributed by atoms with Gasteiger partial charge in [-0.15, -0.1) is 24.8 Å². The molecule has 0 fully saturated rings. The first-order valence-corrected chi connectivity index (χ1v) is 7.77. The Balaban J connectivity index is 0.00000264. The van der Waals surface area contributed by atoms with Crippen LogP contribution in [0.3, 0.4) is 0 Å². The summed E-state index contributed by atoms with van der Waals surface area (Å²) in [7, 11) is 0. The van der Waals surface area contributed by atoms with E-state index in [9.17, 15) is 4.79 Å². The second-order valence-electron chi connectivity index (χ2n) is 5.01. The van der Waals surface area contributed by atoms with Crippen molar-refractivity contribution >= 4 is 52.3 Å². The molecule has 1 aromatic heterocycles. The molecule has 1 atom stereocenters. The van der Waals surface area contributed by atoms with Crippen LogP contribution in [0.15, 0.2) is 47.1 Å². The van der Waals surface area contributed by atoms with Crippen molar-refractivity contribution in [3.63, 3.8) is 0 Å². The molecule has 0 radical (unpaired) electrons. The summed E-state index contributed by atoms with van der Waals surface area (Å²) in [6, 6.07) is 11.0. The first kappa shape index (κ1) is 22.7. The number of carbonyl (C=O) groups excluding carboxylic acids is 1. The number of anilines is 1. The molecule has 1 unspecified atom stereocenters. The van der Waals surface area contributed by atoms with Gasteiger partial charge >= 0.3 is 0 Å². The number of nitrogens with two attached hydrogens (primary N) is 1. The number of nitrogens with zero attached hydrogens (tertiary/aromatic N) is 1. The molecule has 0 aliphatic heterocycles. The van der Waals surface area contributed by atoms with Gasteiger partial charge in [0.2, 0.25) is 11.8 Å². The highest BCUT2D eigenvalue weighted by atomic mass is 79.9. The minimum absolute atomic E-state index is 0. The van der Waals surface area contributed by atoms with Gasteiger partial charge in [-0.1, -0.05) is 22.0 Å². The van der Waals surface area contributed by atoms with Crippen LogP contribution >= 0.6 is 40.7 Å². The average Bonchev–Trinajstić information content (AvgIpc) is 2.47. The molecule has 24 heavy (non-hydrogen) atoms. The Bertz CT molecular complexity index is 639. The predicted molar refractivity (Wildman–Crippen MR) is 104 cm³/mol. The summed E-state index contributed by atoms with van der Waals surface area (Å²) in [5.41, 5.74) is 6.26. The molecule has 0 bridgehead atoms. The van der Waals surface area contributed by atoms with Gasteiger partial charge in [-0.3, -0.25) is 4.79 Å². The summed E-state index contributed by atoms with van der Waals surface area (Å²) in [6.07, 6.45) is 2.62. The molecule has 0 saturated heterocycles. The number of rotatable bonds is 6. The average molecular weight is 437 g/mol. The highest BCUT2D eigenvalue weighted by molar-refractivity contribution is 9.10. The maximum atomic E-state index is 11.7. The molecule has 132 valence electrons. The Labute approximate surface area is 162 Å². The van der Waals surface area contributed by atoms with Crippen LogP contribution in [0.1, 0.15) is 19.8 Å². The summed E-state index contributed by atoms with van der Waals surface area (Å²) < 4.78 is 6.56. The summed E-state index contributed by atoms with van der Waals surface area (Å²) in [6.45, 7) is 1.88. The fourth-order valence-electron chi connectivity index (χ4n) is 1.75. The summed E-state index contributed by atoms with van der Waals surface area (Å²) in [5, 5.41) is 2.78. The fraction of sp³-hybridized carbons (Fsp3) is 0.250. The zero-order valence-electron chi connectivity index (χ0n) is 13.1. The van der Waals surface area contributed by atoms with Crippen LogP contribution in [0, 0.1) is 0 Å². The zero-order valence-corrected chi connectivity index (χ0v) is 16.3. The molecule has 2 aromatic rings. The Kier molecular flexibility index (Phi) is 10.6. The molecule has 8 heteroatoms. The smallest absolute Gasteiger partial charge is 0.224 e. The predicted octanol–water partition coefficient (Wildman–Crippen LogP) is 4.55. The molecule has 0 saturated carbocycles. The second-order valence-corrected chi connectivity index (χ2v) is 5.92. The van der Waals surface area contributed by atoms with E-state index >= 15 is 0 Å². The number of hydrogen-bond donors (Lipinski definition) is 2. The number of benzene rings is 1. The summed E-state index contributed by atoms with van der Waals surface area (Å²) >= 11 is 3.38. The number of amides is 1. The molecule has 3 N–H and O–H groups in total. The van der Waals surface area contributed by atoms with Gasteiger partial charge in [-0.25, -0.2) is 4.98 Å². The Morgan fingerprint density at radius 3 is 2.67 bits per heavy atom. The third kappa shape index (κ3) is 7.97. The standard InChI is InChI=1S/C16H18BrN3O2.2ClH/c1-11(18)5-7-15(21)20-13-6-8-16(19-10-13)22-14-4-2-3-12(17)9-14;;/h2-4,6,8-11H,5,7,18H2,1H3,(H,20,21);2*1H. The van der Waals surface area contributed by atoms with Crippen LogP contribution in [-0.2, 0) is 4.79 Å². The van der Waals surface area contributed by atoms with E-state index in [2.05, 4.69) is 26.2 Å². The largest absolute Gasteiger partial charge is 0.439 e. The van der Waals surface area contributed by atoms with E-state index in [1.54, 1.807) is 18.3 Å². The van der Waals surface area contributed by atoms with Crippen molar-refractivity contribution in [2.75, 3.05) is 5.32 Å². The van der Waals surface area contributed by atoms with Gasteiger partial charge in [0.1, 0.15) is 5.75 Å². The van der Waals surface area contributed by atoms with E-state index in [0.717, 1.165) is 4.47 Å². The highest BCUT2D eigenvalue weighted by Gasteiger charge is 2.05. The highest BCUT2D eigenvalue weighted by Crippen LogP contribution is 2.23. The lowest BCUT2D eigenvalue weighted by Gasteiger charge is -2.08. The number of hydrogen-bond acceptors (Lipinski definition) is 4. The van der Waals surface area contributed by atoms with Crippen LogP contribution in [0.2, 0.25) is 0 Å². The number of pyridine rings is 1. The Morgan fingerprint density at radius 2 is 2.08 bits per heavy atom. The van der Waals surface area contributed by atoms with Gasteiger partial charge < -0.3 is 15.8 Å². The minimum Gasteiger partial charge on any atom is -0.439 e. The van der Waals surface area contributed by atoms with Crippen molar-refractivity contribution in [1.29, 1.82) is 0 Å². The minimum atomic E-state index is -0.0697. The quantitative estimate of drug-likeness (QED) is 0.696. The maximum absolute atomic E-state index is 11.7. The molecule has 1 aromatic carbocycles. The van der Waals surface area contributed by atoms with Crippen molar-refractivity contribution in [3.8, 4) is 11.6 Å². The Hall–Kier alpha value is -1.34. The van der Waals surface area contributed by atoms with Crippen LogP contribution in [0.5, 0.6) is 11.6 Å². The van der Waals surface area contributed by atoms with E-state index in [-0.39, 0.29) is 36.8 Å². The lowest BCUT2D eigenvalue weighted by atomic mass is 10.2. The molecular weight excluding hydrogens is 417 g/mol. The molecule has 0 aliphatic rings. The number of halogens is 3. The van der Waals surface area contributed by atoms with Gasteiger partial charge in [-0.2, -0.15) is 0 Å². The third-order valence-electron chi connectivity index (χ3n) is 2.87. The lowest BCUT2D eigenvalue weighted by Crippen LogP contribution is -2.19. The topological polar surface area (TPSA) is 77.2 Å². The van der Waals surface area contributed by atoms with Gasteiger partial charge in [0.15, 0.2) is 0 Å². The number of nitrogens with one attached hydrogen (secondary N) is 1. The van der Waals surface area contributed by atoms with Crippen molar-refractivity contribution in [2.45, 2.75) is 25.8 Å². The van der Waals surface area contributed by atoms with E-state index < -0.39 is 0 Å². The monoisotopic (exact) mass is 435 g/mol. The molecule has 2 rings (SSSR count). The molecule has 1 amide bonds. The Morgan fingerprint density at radius 1 is 1.33 bits per heavy atom. The summed E-state index contributed by atoms with van der Waals surface area (Å²) in [5.74, 6) is 1.09.